The molecular formula is C19H17N3O2. The molecule has 1 heterocycles. The molecule has 24 heavy (non-hydrogen) atoms. The van der Waals surface area contributed by atoms with Gasteiger partial charge in [0.1, 0.15) is 5.52 Å². The van der Waals surface area contributed by atoms with Crippen molar-refractivity contribution in [3.63, 3.8) is 0 Å². The number of benzene rings is 2. The third-order valence-electron chi connectivity index (χ3n) is 3.77. The molecule has 5 heteroatoms. The van der Waals surface area contributed by atoms with Crippen molar-refractivity contribution < 1.29 is 4.92 Å². The molecule has 0 aliphatic rings. The summed E-state index contributed by atoms with van der Waals surface area (Å²) in [4.78, 5) is 17.2. The molecule has 0 saturated carbocycles. The first-order valence-corrected chi connectivity index (χ1v) is 7.54. The Morgan fingerprint density at radius 2 is 1.75 bits per heavy atom. The summed E-state index contributed by atoms with van der Waals surface area (Å²) < 4.78 is 0. The lowest BCUT2D eigenvalue weighted by atomic mass is 10.1. The van der Waals surface area contributed by atoms with Crippen LogP contribution in [0.2, 0.25) is 0 Å². The highest BCUT2D eigenvalue weighted by molar-refractivity contribution is 5.88. The van der Waals surface area contributed by atoms with E-state index in [-0.39, 0.29) is 5.69 Å². The number of rotatable bonds is 4. The third kappa shape index (κ3) is 3.25. The first kappa shape index (κ1) is 15.7. The van der Waals surface area contributed by atoms with E-state index in [0.717, 1.165) is 16.6 Å². The molecule has 0 bridgehead atoms. The highest BCUT2D eigenvalue weighted by Gasteiger charge is 2.12. The lowest BCUT2D eigenvalue weighted by molar-refractivity contribution is -0.383. The fourth-order valence-electron chi connectivity index (χ4n) is 2.45. The van der Waals surface area contributed by atoms with E-state index in [2.05, 4.69) is 4.98 Å². The fourth-order valence-corrected chi connectivity index (χ4v) is 2.45. The molecule has 0 N–H and O–H groups in total. The Morgan fingerprint density at radius 1 is 1.00 bits per heavy atom. The van der Waals surface area contributed by atoms with Gasteiger partial charge in [0, 0.05) is 31.2 Å². The largest absolute Gasteiger partial charge is 0.378 e. The van der Waals surface area contributed by atoms with E-state index in [9.17, 15) is 10.1 Å². The molecule has 0 unspecified atom stereocenters. The van der Waals surface area contributed by atoms with Gasteiger partial charge in [-0.15, -0.1) is 0 Å². The number of aromatic nitrogens is 1. The van der Waals surface area contributed by atoms with Crippen molar-refractivity contribution in [2.24, 2.45) is 0 Å². The molecule has 3 aromatic rings. The normalized spacial score (nSPS) is 11.1. The van der Waals surface area contributed by atoms with Crippen molar-refractivity contribution in [1.82, 2.24) is 4.98 Å². The SMILES string of the molecule is CN(C)c1ccc(/C=C/c2ccc3cccc([N+](=O)[O-])c3n2)cc1. The smallest absolute Gasteiger partial charge is 0.295 e. The molecule has 0 amide bonds. The van der Waals surface area contributed by atoms with Crippen molar-refractivity contribution in [1.29, 1.82) is 0 Å². The van der Waals surface area contributed by atoms with Crippen LogP contribution in [0.5, 0.6) is 0 Å². The number of fused-ring (bicyclic) bond motifs is 1. The minimum absolute atomic E-state index is 0.0260. The monoisotopic (exact) mass is 319 g/mol. The van der Waals surface area contributed by atoms with Gasteiger partial charge in [-0.3, -0.25) is 10.1 Å². The zero-order valence-corrected chi connectivity index (χ0v) is 13.5. The number of para-hydroxylation sites is 1. The maximum atomic E-state index is 11.1. The molecule has 0 aliphatic carbocycles. The Labute approximate surface area is 140 Å². The van der Waals surface area contributed by atoms with Gasteiger partial charge in [-0.25, -0.2) is 4.98 Å². The molecular weight excluding hydrogens is 302 g/mol. The van der Waals surface area contributed by atoms with Crippen molar-refractivity contribution in [3.8, 4) is 0 Å². The van der Waals surface area contributed by atoms with Crippen LogP contribution in [0.25, 0.3) is 23.1 Å². The topological polar surface area (TPSA) is 59.3 Å². The molecule has 1 aromatic heterocycles. The number of hydrogen-bond donors (Lipinski definition) is 0. The van der Waals surface area contributed by atoms with E-state index < -0.39 is 4.92 Å². The molecule has 0 fully saturated rings. The predicted octanol–water partition coefficient (Wildman–Crippen LogP) is 4.38. The van der Waals surface area contributed by atoms with Gasteiger partial charge in [-0.1, -0.05) is 36.4 Å². The standard InChI is InChI=1S/C19H17N3O2/c1-21(2)17-12-7-14(8-13-17)6-10-16-11-9-15-4-3-5-18(22(23)24)19(15)20-16/h3-13H,1-2H3/b10-6+. The van der Waals surface area contributed by atoms with E-state index in [1.807, 2.05) is 73.6 Å². The van der Waals surface area contributed by atoms with Crippen molar-refractivity contribution >= 4 is 34.4 Å². The van der Waals surface area contributed by atoms with Gasteiger partial charge in [-0.05, 0) is 29.8 Å². The Balaban J connectivity index is 1.92. The molecule has 0 atom stereocenters. The summed E-state index contributed by atoms with van der Waals surface area (Å²) in [5, 5.41) is 11.9. The first-order chi connectivity index (χ1) is 11.5. The zero-order chi connectivity index (χ0) is 17.1. The van der Waals surface area contributed by atoms with Gasteiger partial charge >= 0.3 is 0 Å². The average Bonchev–Trinajstić information content (AvgIpc) is 2.59. The van der Waals surface area contributed by atoms with Crippen LogP contribution in [-0.4, -0.2) is 24.0 Å². The summed E-state index contributed by atoms with van der Waals surface area (Å²) in [6, 6.07) is 16.8. The van der Waals surface area contributed by atoms with Crippen LogP contribution >= 0.6 is 0 Å². The fraction of sp³-hybridized carbons (Fsp3) is 0.105. The van der Waals surface area contributed by atoms with Gasteiger partial charge in [0.2, 0.25) is 0 Å². The van der Waals surface area contributed by atoms with Crippen LogP contribution in [0.3, 0.4) is 0 Å². The van der Waals surface area contributed by atoms with E-state index >= 15 is 0 Å². The Kier molecular flexibility index (Phi) is 4.24. The number of nitro benzene ring substituents is 1. The quantitative estimate of drug-likeness (QED) is 0.529. The minimum Gasteiger partial charge on any atom is -0.378 e. The van der Waals surface area contributed by atoms with E-state index in [4.69, 9.17) is 0 Å². The van der Waals surface area contributed by atoms with Crippen LogP contribution in [0, 0.1) is 10.1 Å². The van der Waals surface area contributed by atoms with Crippen LogP contribution < -0.4 is 4.90 Å². The van der Waals surface area contributed by atoms with Crippen molar-refractivity contribution in [2.45, 2.75) is 0 Å². The minimum atomic E-state index is -0.400. The Morgan fingerprint density at radius 3 is 2.42 bits per heavy atom. The van der Waals surface area contributed by atoms with Crippen molar-refractivity contribution in [2.75, 3.05) is 19.0 Å². The Bertz CT molecular complexity index is 916. The van der Waals surface area contributed by atoms with Crippen LogP contribution in [0.15, 0.2) is 54.6 Å². The zero-order valence-electron chi connectivity index (χ0n) is 13.5. The predicted molar refractivity (Wildman–Crippen MR) is 98.1 cm³/mol. The number of hydrogen-bond acceptors (Lipinski definition) is 4. The number of pyridine rings is 1. The highest BCUT2D eigenvalue weighted by atomic mass is 16.6. The summed E-state index contributed by atoms with van der Waals surface area (Å²) in [7, 11) is 3.99. The highest BCUT2D eigenvalue weighted by Crippen LogP contribution is 2.24. The van der Waals surface area contributed by atoms with Gasteiger partial charge in [0.05, 0.1) is 10.6 Å². The van der Waals surface area contributed by atoms with Crippen LogP contribution in [0.4, 0.5) is 11.4 Å². The molecule has 0 spiro atoms. The van der Waals surface area contributed by atoms with E-state index in [1.54, 1.807) is 6.07 Å². The van der Waals surface area contributed by atoms with Gasteiger partial charge in [0.15, 0.2) is 0 Å². The second-order valence-electron chi connectivity index (χ2n) is 5.66. The summed E-state index contributed by atoms with van der Waals surface area (Å²) in [6.07, 6.45) is 3.81. The first-order valence-electron chi connectivity index (χ1n) is 7.54. The van der Waals surface area contributed by atoms with Gasteiger partial charge < -0.3 is 4.90 Å². The molecule has 120 valence electrons. The number of nitrogens with zero attached hydrogens (tertiary/aromatic N) is 3. The number of non-ortho nitro benzene ring substituents is 1. The second kappa shape index (κ2) is 6.50. The average molecular weight is 319 g/mol. The van der Waals surface area contributed by atoms with Crippen LogP contribution in [-0.2, 0) is 0 Å². The van der Waals surface area contributed by atoms with Gasteiger partial charge in [-0.2, -0.15) is 0 Å². The molecule has 0 saturated heterocycles. The molecule has 0 radical (unpaired) electrons. The Hall–Kier alpha value is -3.21. The summed E-state index contributed by atoms with van der Waals surface area (Å²) >= 11 is 0. The maximum absolute atomic E-state index is 11.1. The van der Waals surface area contributed by atoms with Crippen molar-refractivity contribution in [3.05, 3.63) is 76.0 Å². The lowest BCUT2D eigenvalue weighted by Crippen LogP contribution is -2.07. The molecule has 5 nitrogen and oxygen atoms in total. The van der Waals surface area contributed by atoms with Crippen LogP contribution in [0.1, 0.15) is 11.3 Å². The third-order valence-corrected chi connectivity index (χ3v) is 3.77. The summed E-state index contributed by atoms with van der Waals surface area (Å²) in [6.45, 7) is 0. The summed E-state index contributed by atoms with van der Waals surface area (Å²) in [5.74, 6) is 0. The second-order valence-corrected chi connectivity index (χ2v) is 5.66. The molecule has 0 aliphatic heterocycles. The summed E-state index contributed by atoms with van der Waals surface area (Å²) in [5.41, 5.74) is 3.30. The van der Waals surface area contributed by atoms with Gasteiger partial charge in [0.25, 0.3) is 5.69 Å². The number of nitro groups is 1. The molecule has 2 aromatic carbocycles. The maximum Gasteiger partial charge on any atom is 0.295 e. The van der Waals surface area contributed by atoms with E-state index in [1.165, 1.54) is 6.07 Å². The molecule has 3 rings (SSSR count). The van der Waals surface area contributed by atoms with E-state index in [0.29, 0.717) is 11.2 Å². The number of anilines is 1. The lowest BCUT2D eigenvalue weighted by Gasteiger charge is -2.11.